The second-order valence-electron chi connectivity index (χ2n) is 3.39. The Labute approximate surface area is 76.0 Å². The summed E-state index contributed by atoms with van der Waals surface area (Å²) in [7, 11) is 1.71. The molecule has 0 aliphatic carbocycles. The summed E-state index contributed by atoms with van der Waals surface area (Å²) in [5.74, 6) is -2.33. The Morgan fingerprint density at radius 2 is 1.92 bits per heavy atom. The maximum Gasteiger partial charge on any atom is 0.320 e. The molecule has 13 heavy (non-hydrogen) atoms. The largest absolute Gasteiger partial charge is 0.481 e. The molecule has 1 rings (SSSR count). The van der Waals surface area contributed by atoms with Gasteiger partial charge in [-0.05, 0) is 26.4 Å². The van der Waals surface area contributed by atoms with Crippen molar-refractivity contribution in [3.8, 4) is 0 Å². The molecule has 5 heteroatoms. The minimum Gasteiger partial charge on any atom is -0.481 e. The Hall–Kier alpha value is -1.10. The van der Waals surface area contributed by atoms with Gasteiger partial charge in [0.2, 0.25) is 0 Å². The van der Waals surface area contributed by atoms with E-state index in [1.807, 2.05) is 0 Å². The minimum absolute atomic E-state index is 0.209. The molecule has 74 valence electrons. The van der Waals surface area contributed by atoms with E-state index in [9.17, 15) is 9.59 Å². The van der Waals surface area contributed by atoms with Gasteiger partial charge in [-0.1, -0.05) is 0 Å². The molecule has 1 saturated heterocycles. The number of hydrogen-bond donors (Lipinski definition) is 2. The maximum atomic E-state index is 10.7. The first-order chi connectivity index (χ1) is 6.02. The second kappa shape index (κ2) is 3.74. The van der Waals surface area contributed by atoms with Crippen molar-refractivity contribution in [3.63, 3.8) is 0 Å². The Balaban J connectivity index is 2.63. The zero-order valence-corrected chi connectivity index (χ0v) is 7.43. The van der Waals surface area contributed by atoms with Crippen LogP contribution in [0.2, 0.25) is 0 Å². The number of aliphatic carboxylic acids is 2. The van der Waals surface area contributed by atoms with Crippen molar-refractivity contribution >= 4 is 11.9 Å². The van der Waals surface area contributed by atoms with Gasteiger partial charge >= 0.3 is 11.9 Å². The molecule has 0 aromatic rings. The average molecular weight is 187 g/mol. The summed E-state index contributed by atoms with van der Waals surface area (Å²) in [4.78, 5) is 23.0. The van der Waals surface area contributed by atoms with Crippen LogP contribution in [0.4, 0.5) is 0 Å². The number of likely N-dealkylation sites (tertiary alicyclic amines) is 1. The van der Waals surface area contributed by atoms with Crippen molar-refractivity contribution in [3.05, 3.63) is 0 Å². The molecule has 2 N–H and O–H groups in total. The number of likely N-dealkylation sites (N-methyl/N-ethyl adjacent to an activating group) is 1. The van der Waals surface area contributed by atoms with E-state index >= 15 is 0 Å². The van der Waals surface area contributed by atoms with E-state index in [0.717, 1.165) is 0 Å². The van der Waals surface area contributed by atoms with E-state index in [-0.39, 0.29) is 6.42 Å². The highest BCUT2D eigenvalue weighted by Gasteiger charge is 2.34. The van der Waals surface area contributed by atoms with E-state index in [1.54, 1.807) is 11.9 Å². The summed E-state index contributed by atoms with van der Waals surface area (Å²) in [6.07, 6.45) is 0.747. The zero-order chi connectivity index (χ0) is 10.0. The highest BCUT2D eigenvalue weighted by molar-refractivity contribution is 5.76. The van der Waals surface area contributed by atoms with Crippen molar-refractivity contribution < 1.29 is 19.8 Å². The van der Waals surface area contributed by atoms with Crippen molar-refractivity contribution in [2.24, 2.45) is 5.92 Å². The summed E-state index contributed by atoms with van der Waals surface area (Å²) >= 11 is 0. The average Bonchev–Trinajstić information content (AvgIpc) is 2.04. The second-order valence-corrected chi connectivity index (χ2v) is 3.39. The van der Waals surface area contributed by atoms with Crippen LogP contribution in [0.3, 0.4) is 0 Å². The number of hydrogen-bond acceptors (Lipinski definition) is 3. The van der Waals surface area contributed by atoms with Crippen LogP contribution in [0, 0.1) is 5.92 Å². The molecule has 0 aromatic carbocycles. The Morgan fingerprint density at radius 3 is 2.38 bits per heavy atom. The Morgan fingerprint density at radius 1 is 1.31 bits per heavy atom. The summed E-state index contributed by atoms with van der Waals surface area (Å²) in [6.45, 7) is 0.536. The number of piperidine rings is 1. The van der Waals surface area contributed by atoms with E-state index in [2.05, 4.69) is 0 Å². The smallest absolute Gasteiger partial charge is 0.320 e. The Kier molecular flexibility index (Phi) is 2.87. The monoisotopic (exact) mass is 187 g/mol. The van der Waals surface area contributed by atoms with Crippen molar-refractivity contribution in [1.29, 1.82) is 0 Å². The molecule has 0 aromatic heterocycles. The summed E-state index contributed by atoms with van der Waals surface area (Å²) in [5.41, 5.74) is 0. The molecular formula is C8H13NO4. The number of nitrogens with zero attached hydrogens (tertiary/aromatic N) is 1. The maximum absolute atomic E-state index is 10.7. The van der Waals surface area contributed by atoms with Crippen LogP contribution < -0.4 is 0 Å². The molecule has 1 aliphatic heterocycles. The molecule has 0 amide bonds. The van der Waals surface area contributed by atoms with Crippen LogP contribution in [-0.4, -0.2) is 46.7 Å². The zero-order valence-electron chi connectivity index (χ0n) is 7.43. The van der Waals surface area contributed by atoms with Gasteiger partial charge in [0, 0.05) is 0 Å². The van der Waals surface area contributed by atoms with Crippen LogP contribution in [0.1, 0.15) is 12.8 Å². The van der Waals surface area contributed by atoms with Gasteiger partial charge in [0.15, 0.2) is 0 Å². The van der Waals surface area contributed by atoms with E-state index in [4.69, 9.17) is 10.2 Å². The Bertz CT molecular complexity index is 228. The van der Waals surface area contributed by atoms with Crippen LogP contribution in [0.15, 0.2) is 0 Å². The van der Waals surface area contributed by atoms with Gasteiger partial charge in [0.1, 0.15) is 6.04 Å². The molecule has 2 atom stereocenters. The molecule has 5 nitrogen and oxygen atoms in total. The number of carboxylic acids is 2. The van der Waals surface area contributed by atoms with Crippen molar-refractivity contribution in [2.45, 2.75) is 18.9 Å². The van der Waals surface area contributed by atoms with Crippen molar-refractivity contribution in [2.75, 3.05) is 13.6 Å². The molecule has 0 spiro atoms. The van der Waals surface area contributed by atoms with Gasteiger partial charge in [-0.2, -0.15) is 0 Å². The quantitative estimate of drug-likeness (QED) is 0.629. The molecule has 0 radical (unpaired) electrons. The lowest BCUT2D eigenvalue weighted by atomic mass is 9.91. The third-order valence-corrected chi connectivity index (χ3v) is 2.50. The van der Waals surface area contributed by atoms with Crippen LogP contribution in [0.5, 0.6) is 0 Å². The van der Waals surface area contributed by atoms with Gasteiger partial charge in [-0.15, -0.1) is 0 Å². The third kappa shape index (κ3) is 2.18. The van der Waals surface area contributed by atoms with Crippen LogP contribution >= 0.6 is 0 Å². The van der Waals surface area contributed by atoms with E-state index in [1.165, 1.54) is 0 Å². The predicted molar refractivity (Wildman–Crippen MR) is 44.4 cm³/mol. The topological polar surface area (TPSA) is 77.8 Å². The fourth-order valence-corrected chi connectivity index (χ4v) is 1.60. The lowest BCUT2D eigenvalue weighted by molar-refractivity contribution is -0.149. The summed E-state index contributed by atoms with van der Waals surface area (Å²) in [6, 6.07) is -0.644. The molecule has 2 unspecified atom stereocenters. The SMILES string of the molecule is CN1CCC(C(=O)O)CC1C(=O)O. The normalized spacial score (nSPS) is 29.9. The van der Waals surface area contributed by atoms with E-state index in [0.29, 0.717) is 13.0 Å². The molecule has 0 saturated carbocycles. The minimum atomic E-state index is -0.937. The molecule has 1 heterocycles. The summed E-state index contributed by atoms with van der Waals surface area (Å²) in [5, 5.41) is 17.5. The van der Waals surface area contributed by atoms with Gasteiger partial charge in [0.25, 0.3) is 0 Å². The molecule has 1 fully saturated rings. The highest BCUT2D eigenvalue weighted by atomic mass is 16.4. The fraction of sp³-hybridized carbons (Fsp3) is 0.750. The first kappa shape index (κ1) is 9.98. The van der Waals surface area contributed by atoms with Gasteiger partial charge in [-0.25, -0.2) is 0 Å². The van der Waals surface area contributed by atoms with Gasteiger partial charge in [-0.3, -0.25) is 14.5 Å². The number of carbonyl (C=O) groups is 2. The lowest BCUT2D eigenvalue weighted by Gasteiger charge is -2.32. The summed E-state index contributed by atoms with van der Waals surface area (Å²) < 4.78 is 0. The van der Waals surface area contributed by atoms with Crippen LogP contribution in [0.25, 0.3) is 0 Å². The predicted octanol–water partition coefficient (Wildman–Crippen LogP) is -0.134. The van der Waals surface area contributed by atoms with E-state index < -0.39 is 23.9 Å². The highest BCUT2D eigenvalue weighted by Crippen LogP contribution is 2.21. The number of rotatable bonds is 2. The third-order valence-electron chi connectivity index (χ3n) is 2.50. The van der Waals surface area contributed by atoms with Gasteiger partial charge < -0.3 is 10.2 Å². The van der Waals surface area contributed by atoms with Crippen LogP contribution in [-0.2, 0) is 9.59 Å². The molecular weight excluding hydrogens is 174 g/mol. The molecule has 0 bridgehead atoms. The van der Waals surface area contributed by atoms with Gasteiger partial charge in [0.05, 0.1) is 5.92 Å². The number of carboxylic acid groups (broad SMARTS) is 2. The molecule has 1 aliphatic rings. The lowest BCUT2D eigenvalue weighted by Crippen LogP contribution is -2.46. The first-order valence-electron chi connectivity index (χ1n) is 4.18. The standard InChI is InChI=1S/C8H13NO4/c1-9-3-2-5(7(10)11)4-6(9)8(12)13/h5-6H,2-4H2,1H3,(H,10,11)(H,12,13). The van der Waals surface area contributed by atoms with Crippen molar-refractivity contribution in [1.82, 2.24) is 4.90 Å². The first-order valence-corrected chi connectivity index (χ1v) is 4.18. The fourth-order valence-electron chi connectivity index (χ4n) is 1.60.